The van der Waals surface area contributed by atoms with Crippen LogP contribution in [0.15, 0.2) is 28.6 Å². The molecular weight excluding hydrogens is 273 g/mol. The quantitative estimate of drug-likeness (QED) is 0.844. The van der Waals surface area contributed by atoms with Crippen molar-refractivity contribution in [3.8, 4) is 0 Å². The zero-order valence-corrected chi connectivity index (χ0v) is 11.6. The van der Waals surface area contributed by atoms with Crippen molar-refractivity contribution in [2.75, 3.05) is 0 Å². The Morgan fingerprint density at radius 3 is 2.78 bits per heavy atom. The summed E-state index contributed by atoms with van der Waals surface area (Å²) in [5.74, 6) is 0. The molecule has 0 saturated carbocycles. The lowest BCUT2D eigenvalue weighted by Gasteiger charge is -2.05. The lowest BCUT2D eigenvalue weighted by atomic mass is 10.3. The molecule has 2 aromatic rings. The molecule has 0 aliphatic rings. The van der Waals surface area contributed by atoms with Gasteiger partial charge in [-0.15, -0.1) is 11.3 Å². The molecule has 0 aliphatic heterocycles. The third kappa shape index (κ3) is 2.54. The molecule has 3 nitrogen and oxygen atoms in total. The van der Waals surface area contributed by atoms with Gasteiger partial charge < -0.3 is 0 Å². The van der Waals surface area contributed by atoms with E-state index in [2.05, 4.69) is 4.98 Å². The molecule has 0 saturated heterocycles. The summed E-state index contributed by atoms with van der Waals surface area (Å²) in [6.45, 7) is 1.90. The molecule has 1 aromatic carbocycles. The maximum absolute atomic E-state index is 13.8. The molecule has 0 radical (unpaired) electrons. The van der Waals surface area contributed by atoms with Gasteiger partial charge >= 0.3 is 0 Å². The molecule has 98 valence electrons. The van der Waals surface area contributed by atoms with E-state index in [-0.39, 0.29) is 10.8 Å². The first-order chi connectivity index (χ1) is 8.55. The zero-order valence-electron chi connectivity index (χ0n) is 9.97. The van der Waals surface area contributed by atoms with E-state index in [9.17, 15) is 12.8 Å². The number of alkyl halides is 1. The van der Waals surface area contributed by atoms with E-state index >= 15 is 0 Å². The second kappa shape index (κ2) is 5.32. The highest BCUT2D eigenvalue weighted by Gasteiger charge is 2.29. The van der Waals surface area contributed by atoms with E-state index in [4.69, 9.17) is 0 Å². The van der Waals surface area contributed by atoms with E-state index in [1.54, 1.807) is 24.3 Å². The van der Waals surface area contributed by atoms with E-state index < -0.39 is 15.3 Å². The predicted molar refractivity (Wildman–Crippen MR) is 71.2 cm³/mol. The van der Waals surface area contributed by atoms with Crippen LogP contribution in [0.25, 0.3) is 10.2 Å². The Bertz CT molecular complexity index is 603. The fraction of sp³-hybridized carbons (Fsp3) is 0.417. The number of thiazole rings is 1. The predicted octanol–water partition coefficient (Wildman–Crippen LogP) is 3.56. The fourth-order valence-electron chi connectivity index (χ4n) is 1.60. The molecule has 1 atom stereocenters. The van der Waals surface area contributed by atoms with Gasteiger partial charge in [0.25, 0.3) is 0 Å². The first-order valence-corrected chi connectivity index (χ1v) is 8.15. The molecule has 0 N–H and O–H groups in total. The number of sulfone groups is 1. The summed E-state index contributed by atoms with van der Waals surface area (Å²) in [6, 6.07) is 7.10. The minimum absolute atomic E-state index is 0.0365. The summed E-state index contributed by atoms with van der Waals surface area (Å²) in [7, 11) is -3.93. The maximum atomic E-state index is 13.8. The Morgan fingerprint density at radius 2 is 2.11 bits per heavy atom. The number of benzene rings is 1. The molecule has 1 heterocycles. The van der Waals surface area contributed by atoms with Crippen molar-refractivity contribution in [3.63, 3.8) is 0 Å². The average Bonchev–Trinajstić information content (AvgIpc) is 2.80. The fourth-order valence-corrected chi connectivity index (χ4v) is 4.27. The van der Waals surface area contributed by atoms with Crippen LogP contribution in [0, 0.1) is 0 Å². The Hall–Kier alpha value is -1.01. The van der Waals surface area contributed by atoms with Crippen LogP contribution >= 0.6 is 11.3 Å². The van der Waals surface area contributed by atoms with Crippen molar-refractivity contribution >= 4 is 31.4 Å². The number of nitrogens with zero attached hydrogens (tertiary/aromatic N) is 1. The Labute approximate surface area is 110 Å². The highest BCUT2D eigenvalue weighted by atomic mass is 32.2. The Kier molecular flexibility index (Phi) is 3.97. The molecule has 2 rings (SSSR count). The molecule has 0 spiro atoms. The van der Waals surface area contributed by atoms with E-state index in [1.165, 1.54) is 0 Å². The summed E-state index contributed by atoms with van der Waals surface area (Å²) in [6.07, 6.45) is 1.37. The van der Waals surface area contributed by atoms with Gasteiger partial charge in [-0.2, -0.15) is 0 Å². The monoisotopic (exact) mass is 287 g/mol. The molecule has 1 aromatic heterocycles. The van der Waals surface area contributed by atoms with Crippen LogP contribution < -0.4 is 0 Å². The molecule has 0 fully saturated rings. The van der Waals surface area contributed by atoms with Gasteiger partial charge in [0.15, 0.2) is 0 Å². The van der Waals surface area contributed by atoms with Crippen LogP contribution in [0.3, 0.4) is 0 Å². The summed E-state index contributed by atoms with van der Waals surface area (Å²) in [4.78, 5) is 4.00. The van der Waals surface area contributed by atoms with Gasteiger partial charge in [-0.25, -0.2) is 17.8 Å². The van der Waals surface area contributed by atoms with Gasteiger partial charge in [0, 0.05) is 0 Å². The summed E-state index contributed by atoms with van der Waals surface area (Å²) >= 11 is 1.03. The third-order valence-corrected chi connectivity index (χ3v) is 5.90. The molecule has 6 heteroatoms. The van der Waals surface area contributed by atoms with Gasteiger partial charge in [-0.3, -0.25) is 0 Å². The van der Waals surface area contributed by atoms with Gasteiger partial charge in [0.2, 0.25) is 19.7 Å². The number of halogens is 1. The Balaban J connectivity index is 2.34. The van der Waals surface area contributed by atoms with Crippen molar-refractivity contribution in [2.24, 2.45) is 0 Å². The van der Waals surface area contributed by atoms with Crippen LogP contribution in [0.2, 0.25) is 0 Å². The van der Waals surface area contributed by atoms with Crippen molar-refractivity contribution in [3.05, 3.63) is 24.3 Å². The molecule has 0 bridgehead atoms. The lowest BCUT2D eigenvalue weighted by molar-refractivity contribution is 0.390. The SMILES string of the molecule is CCCC[C@@H](F)S(=O)(=O)c1nc2ccccc2s1. The average molecular weight is 287 g/mol. The highest BCUT2D eigenvalue weighted by molar-refractivity contribution is 7.93. The first kappa shape index (κ1) is 13.4. The molecule has 0 aliphatic carbocycles. The minimum Gasteiger partial charge on any atom is -0.230 e. The van der Waals surface area contributed by atoms with Crippen molar-refractivity contribution in [2.45, 2.75) is 36.0 Å². The minimum atomic E-state index is -3.93. The summed E-state index contributed by atoms with van der Waals surface area (Å²) < 4.78 is 38.4. The normalized spacial score (nSPS) is 13.9. The van der Waals surface area contributed by atoms with Gasteiger partial charge in [0.1, 0.15) is 0 Å². The number of para-hydroxylation sites is 1. The first-order valence-electron chi connectivity index (χ1n) is 5.79. The van der Waals surface area contributed by atoms with Gasteiger partial charge in [-0.1, -0.05) is 25.5 Å². The number of aromatic nitrogens is 1. The third-order valence-electron chi connectivity index (χ3n) is 2.64. The van der Waals surface area contributed by atoms with Crippen molar-refractivity contribution < 1.29 is 12.8 Å². The number of hydrogen-bond acceptors (Lipinski definition) is 4. The van der Waals surface area contributed by atoms with Gasteiger partial charge in [0.05, 0.1) is 10.2 Å². The maximum Gasteiger partial charge on any atom is 0.237 e. The summed E-state index contributed by atoms with van der Waals surface area (Å²) in [5, 5.41) is 0. The second-order valence-corrected chi connectivity index (χ2v) is 7.32. The molecule has 0 amide bonds. The molecular formula is C12H14FNO2S2. The van der Waals surface area contributed by atoms with Crippen molar-refractivity contribution in [1.82, 2.24) is 4.98 Å². The van der Waals surface area contributed by atoms with Crippen molar-refractivity contribution in [1.29, 1.82) is 0 Å². The van der Waals surface area contributed by atoms with Gasteiger partial charge in [-0.05, 0) is 25.0 Å². The van der Waals surface area contributed by atoms with Crippen LogP contribution in [0.5, 0.6) is 0 Å². The van der Waals surface area contributed by atoms with E-state index in [0.717, 1.165) is 22.5 Å². The smallest absolute Gasteiger partial charge is 0.230 e. The zero-order chi connectivity index (χ0) is 13.2. The highest BCUT2D eigenvalue weighted by Crippen LogP contribution is 2.29. The number of rotatable bonds is 5. The van der Waals surface area contributed by atoms with Crippen LogP contribution in [-0.4, -0.2) is 18.9 Å². The number of fused-ring (bicyclic) bond motifs is 1. The second-order valence-electron chi connectivity index (χ2n) is 4.04. The van der Waals surface area contributed by atoms with E-state index in [1.807, 2.05) is 6.92 Å². The van der Waals surface area contributed by atoms with Crippen LogP contribution in [0.1, 0.15) is 26.2 Å². The number of unbranched alkanes of at least 4 members (excludes halogenated alkanes) is 1. The molecule has 18 heavy (non-hydrogen) atoms. The summed E-state index contributed by atoms with van der Waals surface area (Å²) in [5.41, 5.74) is -1.25. The lowest BCUT2D eigenvalue weighted by Crippen LogP contribution is -2.16. The largest absolute Gasteiger partial charge is 0.237 e. The number of hydrogen-bond donors (Lipinski definition) is 0. The molecule has 0 unspecified atom stereocenters. The standard InChI is InChI=1S/C12H14FNO2S2/c1-2-3-8-11(13)18(15,16)12-14-9-6-4-5-7-10(9)17-12/h4-7,11H,2-3,8H2,1H3/t11-/m0/s1. The van der Waals surface area contributed by atoms with Crippen LogP contribution in [0.4, 0.5) is 4.39 Å². The van der Waals surface area contributed by atoms with Crippen LogP contribution in [-0.2, 0) is 9.84 Å². The topological polar surface area (TPSA) is 47.0 Å². The Morgan fingerprint density at radius 1 is 1.39 bits per heavy atom. The van der Waals surface area contributed by atoms with E-state index in [0.29, 0.717) is 11.9 Å².